The average Bonchev–Trinajstić information content (AvgIpc) is 3.43. The number of hydrogen-bond acceptors (Lipinski definition) is 6. The molecule has 8 nitrogen and oxygen atoms in total. The van der Waals surface area contributed by atoms with Gasteiger partial charge in [0.2, 0.25) is 17.6 Å². The van der Waals surface area contributed by atoms with Crippen LogP contribution < -0.4 is 10.5 Å². The summed E-state index contributed by atoms with van der Waals surface area (Å²) in [5.74, 6) is 0.630. The van der Waals surface area contributed by atoms with E-state index in [4.69, 9.17) is 16.1 Å². The Labute approximate surface area is 194 Å². The number of benzene rings is 2. The summed E-state index contributed by atoms with van der Waals surface area (Å²) in [6, 6.07) is 12.8. The van der Waals surface area contributed by atoms with Crippen molar-refractivity contribution in [3.63, 3.8) is 0 Å². The molecule has 1 atom stereocenters. The lowest BCUT2D eigenvalue weighted by molar-refractivity contribution is -0.117. The molecule has 1 saturated heterocycles. The first kappa shape index (κ1) is 21.3. The van der Waals surface area contributed by atoms with Crippen LogP contribution in [0.15, 0.2) is 51.8 Å². The molecule has 0 bridgehead atoms. The highest BCUT2D eigenvalue weighted by molar-refractivity contribution is 6.30. The normalized spacial score (nSPS) is 16.2. The first-order valence-corrected chi connectivity index (χ1v) is 11.2. The fourth-order valence-corrected chi connectivity index (χ4v) is 4.43. The number of rotatable bonds is 5. The van der Waals surface area contributed by atoms with Crippen LogP contribution in [-0.4, -0.2) is 32.1 Å². The third-order valence-electron chi connectivity index (χ3n) is 5.85. The van der Waals surface area contributed by atoms with Gasteiger partial charge in [-0.2, -0.15) is 4.98 Å². The molecule has 168 valence electrons. The predicted octanol–water partition coefficient (Wildman–Crippen LogP) is 4.34. The second-order valence-corrected chi connectivity index (χ2v) is 8.64. The summed E-state index contributed by atoms with van der Waals surface area (Å²) in [5.41, 5.74) is 3.35. The van der Waals surface area contributed by atoms with Crippen LogP contribution in [-0.2, 0) is 11.3 Å². The number of amides is 1. The van der Waals surface area contributed by atoms with Gasteiger partial charge in [0, 0.05) is 35.8 Å². The Balaban J connectivity index is 1.43. The molecule has 5 rings (SSSR count). The van der Waals surface area contributed by atoms with E-state index < -0.39 is 0 Å². The van der Waals surface area contributed by atoms with Crippen molar-refractivity contribution in [2.75, 3.05) is 11.4 Å². The second kappa shape index (κ2) is 8.44. The van der Waals surface area contributed by atoms with E-state index >= 15 is 0 Å². The Morgan fingerprint density at radius 2 is 2.00 bits per heavy atom. The number of hydrogen-bond donors (Lipinski definition) is 0. The largest absolute Gasteiger partial charge is 0.339 e. The SMILES string of the molecule is CCCn1c(=O)c(C)nc2cc(-c3noc(C4CC(=O)N(c5cccc(Cl)c5)C4)n3)ccc21. The number of carbonyl (C=O) groups excluding carboxylic acids is 1. The molecule has 33 heavy (non-hydrogen) atoms. The molecule has 0 saturated carbocycles. The number of aryl methyl sites for hydroxylation is 2. The van der Waals surface area contributed by atoms with Crippen molar-refractivity contribution in [1.29, 1.82) is 0 Å². The third kappa shape index (κ3) is 3.91. The number of halogens is 1. The lowest BCUT2D eigenvalue weighted by Gasteiger charge is -2.16. The van der Waals surface area contributed by atoms with Crippen molar-refractivity contribution in [3.8, 4) is 11.4 Å². The van der Waals surface area contributed by atoms with Gasteiger partial charge in [0.25, 0.3) is 5.56 Å². The van der Waals surface area contributed by atoms with Gasteiger partial charge in [0.1, 0.15) is 5.69 Å². The van der Waals surface area contributed by atoms with Gasteiger partial charge in [0.15, 0.2) is 0 Å². The Morgan fingerprint density at radius 1 is 1.15 bits per heavy atom. The quantitative estimate of drug-likeness (QED) is 0.437. The molecular formula is C24H22ClN5O3. The van der Waals surface area contributed by atoms with Crippen molar-refractivity contribution >= 4 is 34.2 Å². The van der Waals surface area contributed by atoms with Crippen molar-refractivity contribution < 1.29 is 9.32 Å². The van der Waals surface area contributed by atoms with Gasteiger partial charge in [-0.15, -0.1) is 0 Å². The monoisotopic (exact) mass is 463 g/mol. The summed E-state index contributed by atoms with van der Waals surface area (Å²) in [7, 11) is 0. The number of carbonyl (C=O) groups is 1. The zero-order chi connectivity index (χ0) is 23.1. The van der Waals surface area contributed by atoms with Crippen LogP contribution in [0.3, 0.4) is 0 Å². The summed E-state index contributed by atoms with van der Waals surface area (Å²) >= 11 is 6.08. The maximum atomic E-state index is 12.6. The number of aromatic nitrogens is 4. The zero-order valence-electron chi connectivity index (χ0n) is 18.3. The first-order chi connectivity index (χ1) is 15.9. The van der Waals surface area contributed by atoms with Gasteiger partial charge in [-0.1, -0.05) is 29.7 Å². The van der Waals surface area contributed by atoms with Gasteiger partial charge in [-0.05, 0) is 49.7 Å². The highest BCUT2D eigenvalue weighted by Crippen LogP contribution is 2.33. The van der Waals surface area contributed by atoms with Crippen molar-refractivity contribution in [2.24, 2.45) is 0 Å². The topological polar surface area (TPSA) is 94.1 Å². The summed E-state index contributed by atoms with van der Waals surface area (Å²) in [6.07, 6.45) is 1.14. The van der Waals surface area contributed by atoms with E-state index in [9.17, 15) is 9.59 Å². The summed E-state index contributed by atoms with van der Waals surface area (Å²) < 4.78 is 7.28. The standard InChI is InChI=1S/C24H22ClN5O3/c1-3-9-29-20-8-7-15(10-19(20)26-14(2)24(29)32)22-27-23(33-28-22)16-11-21(31)30(13-16)18-6-4-5-17(25)12-18/h4-8,10,12,16H,3,9,11,13H2,1-2H3. The van der Waals surface area contributed by atoms with Gasteiger partial charge < -0.3 is 14.0 Å². The zero-order valence-corrected chi connectivity index (χ0v) is 19.0. The minimum atomic E-state index is -0.201. The molecule has 1 unspecified atom stereocenters. The smallest absolute Gasteiger partial charge is 0.272 e. The molecule has 0 aliphatic carbocycles. The highest BCUT2D eigenvalue weighted by atomic mass is 35.5. The molecule has 0 spiro atoms. The fourth-order valence-electron chi connectivity index (χ4n) is 4.24. The molecule has 2 aromatic heterocycles. The molecule has 4 aromatic rings. The van der Waals surface area contributed by atoms with E-state index in [1.165, 1.54) is 0 Å². The van der Waals surface area contributed by atoms with Crippen LogP contribution in [0, 0.1) is 6.92 Å². The van der Waals surface area contributed by atoms with Crippen LogP contribution in [0.25, 0.3) is 22.4 Å². The maximum Gasteiger partial charge on any atom is 0.272 e. The molecule has 0 N–H and O–H groups in total. The minimum Gasteiger partial charge on any atom is -0.339 e. The Morgan fingerprint density at radius 3 is 2.79 bits per heavy atom. The molecule has 1 aliphatic heterocycles. The Hall–Kier alpha value is -3.52. The van der Waals surface area contributed by atoms with E-state index in [1.807, 2.05) is 37.3 Å². The van der Waals surface area contributed by atoms with E-state index in [0.717, 1.165) is 23.2 Å². The molecule has 1 fully saturated rings. The number of nitrogens with zero attached hydrogens (tertiary/aromatic N) is 5. The molecule has 1 aliphatic rings. The van der Waals surface area contributed by atoms with E-state index in [-0.39, 0.29) is 23.8 Å². The van der Waals surface area contributed by atoms with E-state index in [2.05, 4.69) is 15.1 Å². The first-order valence-electron chi connectivity index (χ1n) is 10.9. The van der Waals surface area contributed by atoms with Crippen LogP contribution >= 0.6 is 11.6 Å². The third-order valence-corrected chi connectivity index (χ3v) is 6.09. The van der Waals surface area contributed by atoms with E-state index in [0.29, 0.717) is 41.0 Å². The van der Waals surface area contributed by atoms with E-state index in [1.54, 1.807) is 28.5 Å². The summed E-state index contributed by atoms with van der Waals surface area (Å²) in [5, 5.41) is 4.72. The Kier molecular flexibility index (Phi) is 5.46. The molecule has 2 aromatic carbocycles. The van der Waals surface area contributed by atoms with Crippen LogP contribution in [0.2, 0.25) is 5.02 Å². The van der Waals surface area contributed by atoms with Crippen LogP contribution in [0.1, 0.15) is 37.3 Å². The molecule has 3 heterocycles. The minimum absolute atomic E-state index is 0.0127. The molecular weight excluding hydrogens is 442 g/mol. The van der Waals surface area contributed by atoms with Gasteiger partial charge in [-0.25, -0.2) is 4.98 Å². The van der Waals surface area contributed by atoms with Gasteiger partial charge in [0.05, 0.1) is 17.0 Å². The maximum absolute atomic E-state index is 12.6. The number of fused-ring (bicyclic) bond motifs is 1. The van der Waals surface area contributed by atoms with Crippen LogP contribution in [0.5, 0.6) is 0 Å². The van der Waals surface area contributed by atoms with Crippen molar-refractivity contribution in [2.45, 2.75) is 39.2 Å². The van der Waals surface area contributed by atoms with Crippen molar-refractivity contribution in [1.82, 2.24) is 19.7 Å². The predicted molar refractivity (Wildman–Crippen MR) is 125 cm³/mol. The summed E-state index contributed by atoms with van der Waals surface area (Å²) in [6.45, 7) is 4.83. The molecule has 9 heteroatoms. The van der Waals surface area contributed by atoms with Crippen LogP contribution in [0.4, 0.5) is 5.69 Å². The second-order valence-electron chi connectivity index (χ2n) is 8.20. The highest BCUT2D eigenvalue weighted by Gasteiger charge is 2.35. The summed E-state index contributed by atoms with van der Waals surface area (Å²) in [4.78, 5) is 35.8. The van der Waals surface area contributed by atoms with Crippen molar-refractivity contribution in [3.05, 3.63) is 69.4 Å². The molecule has 1 amide bonds. The Bertz CT molecular complexity index is 1430. The van der Waals surface area contributed by atoms with Gasteiger partial charge in [-0.3, -0.25) is 9.59 Å². The lowest BCUT2D eigenvalue weighted by Crippen LogP contribution is -2.24. The lowest BCUT2D eigenvalue weighted by atomic mass is 10.1. The molecule has 0 radical (unpaired) electrons. The van der Waals surface area contributed by atoms with Gasteiger partial charge >= 0.3 is 0 Å². The average molecular weight is 464 g/mol. The number of anilines is 1. The fraction of sp³-hybridized carbons (Fsp3) is 0.292.